The summed E-state index contributed by atoms with van der Waals surface area (Å²) in [6.07, 6.45) is 6.68. The van der Waals surface area contributed by atoms with Gasteiger partial charge in [0.05, 0.1) is 0 Å². The summed E-state index contributed by atoms with van der Waals surface area (Å²) in [5.41, 5.74) is 6.48. The van der Waals surface area contributed by atoms with Gasteiger partial charge in [0.2, 0.25) is 5.91 Å². The number of hydrogen-bond donors (Lipinski definition) is 1. The van der Waals surface area contributed by atoms with Crippen molar-refractivity contribution in [1.82, 2.24) is 4.90 Å². The number of hydrogen-bond acceptors (Lipinski definition) is 3. The van der Waals surface area contributed by atoms with Crippen molar-refractivity contribution in [2.24, 2.45) is 5.73 Å². The molecule has 2 N–H and O–H groups in total. The fourth-order valence-corrected chi connectivity index (χ4v) is 4.03. The van der Waals surface area contributed by atoms with E-state index in [1.54, 1.807) is 0 Å². The first-order chi connectivity index (χ1) is 11.1. The lowest BCUT2D eigenvalue weighted by Crippen LogP contribution is -2.48. The van der Waals surface area contributed by atoms with Crippen LogP contribution in [0.2, 0.25) is 0 Å². The molecule has 0 unspecified atom stereocenters. The molecule has 134 valence electrons. The summed E-state index contributed by atoms with van der Waals surface area (Å²) in [4.78, 5) is 14.2. The van der Waals surface area contributed by atoms with E-state index in [1.807, 2.05) is 0 Å². The van der Waals surface area contributed by atoms with Crippen molar-refractivity contribution in [2.75, 3.05) is 13.2 Å². The quantitative estimate of drug-likeness (QED) is 0.880. The Kier molecular flexibility index (Phi) is 6.47. The van der Waals surface area contributed by atoms with Gasteiger partial charge in [-0.1, -0.05) is 19.8 Å². The summed E-state index contributed by atoms with van der Waals surface area (Å²) in [5.74, 6) is -0.722. The third-order valence-corrected chi connectivity index (χ3v) is 5.08. The Morgan fingerprint density at radius 2 is 2.04 bits per heavy atom. The first kappa shape index (κ1) is 19.0. The Bertz CT molecular complexity index is 591. The molecule has 0 radical (unpaired) electrons. The number of ether oxygens (including phenoxy) is 1. The summed E-state index contributed by atoms with van der Waals surface area (Å²) >= 11 is 0. The predicted octanol–water partition coefficient (Wildman–Crippen LogP) is 3.30. The van der Waals surface area contributed by atoms with Gasteiger partial charge in [-0.05, 0) is 44.4 Å². The number of amides is 1. The van der Waals surface area contributed by atoms with E-state index in [9.17, 15) is 9.18 Å². The summed E-state index contributed by atoms with van der Waals surface area (Å²) in [5, 5.41) is 0. The van der Waals surface area contributed by atoms with Crippen molar-refractivity contribution >= 4 is 18.3 Å². The lowest BCUT2D eigenvalue weighted by atomic mass is 9.94. The highest BCUT2D eigenvalue weighted by Gasteiger charge is 2.34. The third kappa shape index (κ3) is 3.67. The maximum absolute atomic E-state index is 14.0. The second-order valence-electron chi connectivity index (χ2n) is 6.61. The summed E-state index contributed by atoms with van der Waals surface area (Å²) in [6.45, 7) is 3.66. The Morgan fingerprint density at radius 1 is 1.33 bits per heavy atom. The SMILES string of the molecule is CCCN(C1CCCC1)[C@H]1COc2c(F)ccc(C(N)=O)c2C1.Cl. The molecule has 0 bridgehead atoms. The smallest absolute Gasteiger partial charge is 0.249 e. The van der Waals surface area contributed by atoms with Crippen LogP contribution in [0.5, 0.6) is 5.75 Å². The van der Waals surface area contributed by atoms with E-state index >= 15 is 0 Å². The fourth-order valence-electron chi connectivity index (χ4n) is 4.03. The molecule has 1 atom stereocenters. The van der Waals surface area contributed by atoms with Crippen LogP contribution in [0, 0.1) is 5.82 Å². The molecule has 1 amide bonds. The molecule has 4 nitrogen and oxygen atoms in total. The second-order valence-corrected chi connectivity index (χ2v) is 6.61. The highest BCUT2D eigenvalue weighted by Crippen LogP contribution is 2.34. The Hall–Kier alpha value is -1.33. The average molecular weight is 357 g/mol. The lowest BCUT2D eigenvalue weighted by molar-refractivity contribution is 0.0784. The zero-order valence-corrected chi connectivity index (χ0v) is 14.9. The van der Waals surface area contributed by atoms with Crippen LogP contribution in [0.15, 0.2) is 12.1 Å². The van der Waals surface area contributed by atoms with Gasteiger partial charge in [-0.15, -0.1) is 12.4 Å². The van der Waals surface area contributed by atoms with Crippen molar-refractivity contribution in [3.05, 3.63) is 29.1 Å². The Labute approximate surface area is 148 Å². The van der Waals surface area contributed by atoms with E-state index in [0.29, 0.717) is 30.2 Å². The van der Waals surface area contributed by atoms with Gasteiger partial charge in [-0.25, -0.2) is 4.39 Å². The van der Waals surface area contributed by atoms with E-state index in [1.165, 1.54) is 37.8 Å². The van der Waals surface area contributed by atoms with E-state index < -0.39 is 11.7 Å². The first-order valence-electron chi connectivity index (χ1n) is 8.61. The molecule has 0 aromatic heterocycles. The molecular formula is C18H26ClFN2O2. The number of benzene rings is 1. The predicted molar refractivity (Wildman–Crippen MR) is 94.4 cm³/mol. The number of carbonyl (C=O) groups excluding carboxylic acids is 1. The summed E-state index contributed by atoms with van der Waals surface area (Å²) < 4.78 is 19.7. The van der Waals surface area contributed by atoms with Crippen molar-refractivity contribution in [1.29, 1.82) is 0 Å². The van der Waals surface area contributed by atoms with Crippen LogP contribution in [0.1, 0.15) is 54.9 Å². The second kappa shape index (κ2) is 8.17. The Balaban J connectivity index is 0.00000208. The average Bonchev–Trinajstić information content (AvgIpc) is 3.06. The zero-order chi connectivity index (χ0) is 16.4. The number of fused-ring (bicyclic) bond motifs is 1. The highest BCUT2D eigenvalue weighted by atomic mass is 35.5. The fraction of sp³-hybridized carbons (Fsp3) is 0.611. The summed E-state index contributed by atoms with van der Waals surface area (Å²) in [7, 11) is 0. The largest absolute Gasteiger partial charge is 0.489 e. The molecule has 3 rings (SSSR count). The zero-order valence-electron chi connectivity index (χ0n) is 14.1. The van der Waals surface area contributed by atoms with Crippen molar-refractivity contribution in [3.8, 4) is 5.75 Å². The molecule has 1 fully saturated rings. The molecule has 0 saturated heterocycles. The molecule has 1 aromatic carbocycles. The van der Waals surface area contributed by atoms with Gasteiger partial charge in [0.15, 0.2) is 11.6 Å². The minimum absolute atomic E-state index is 0. The monoisotopic (exact) mass is 356 g/mol. The van der Waals surface area contributed by atoms with Crippen LogP contribution < -0.4 is 10.5 Å². The number of halogens is 2. The van der Waals surface area contributed by atoms with Crippen LogP contribution >= 0.6 is 12.4 Å². The molecule has 6 heteroatoms. The summed E-state index contributed by atoms with van der Waals surface area (Å²) in [6, 6.07) is 3.50. The minimum atomic E-state index is -0.520. The third-order valence-electron chi connectivity index (χ3n) is 5.08. The van der Waals surface area contributed by atoms with E-state index in [-0.39, 0.29) is 24.2 Å². The van der Waals surface area contributed by atoms with Crippen molar-refractivity contribution in [2.45, 2.75) is 57.5 Å². The van der Waals surface area contributed by atoms with Crippen LogP contribution in [-0.4, -0.2) is 36.0 Å². The van der Waals surface area contributed by atoms with Crippen LogP contribution in [-0.2, 0) is 6.42 Å². The maximum Gasteiger partial charge on any atom is 0.249 e. The standard InChI is InChI=1S/C18H25FN2O2.ClH/c1-2-9-21(12-5-3-4-6-12)13-10-15-14(18(20)22)7-8-16(19)17(15)23-11-13;/h7-8,12-13H,2-6,9-11H2,1H3,(H2,20,22);1H/t13-;/m1./s1. The highest BCUT2D eigenvalue weighted by molar-refractivity contribution is 5.95. The van der Waals surface area contributed by atoms with Gasteiger partial charge >= 0.3 is 0 Å². The molecule has 1 aliphatic heterocycles. The topological polar surface area (TPSA) is 55.6 Å². The van der Waals surface area contributed by atoms with Gasteiger partial charge in [-0.3, -0.25) is 9.69 Å². The number of carbonyl (C=O) groups is 1. The molecule has 1 aliphatic carbocycles. The van der Waals surface area contributed by atoms with Gasteiger partial charge in [0.1, 0.15) is 6.61 Å². The normalized spacial score (nSPS) is 20.4. The van der Waals surface area contributed by atoms with E-state index in [2.05, 4.69) is 11.8 Å². The molecule has 1 aromatic rings. The van der Waals surface area contributed by atoms with Crippen LogP contribution in [0.4, 0.5) is 4.39 Å². The van der Waals surface area contributed by atoms with Gasteiger partial charge < -0.3 is 10.5 Å². The molecule has 1 saturated carbocycles. The lowest BCUT2D eigenvalue weighted by Gasteiger charge is -2.39. The van der Waals surface area contributed by atoms with Crippen LogP contribution in [0.25, 0.3) is 0 Å². The van der Waals surface area contributed by atoms with Crippen LogP contribution in [0.3, 0.4) is 0 Å². The maximum atomic E-state index is 14.0. The van der Waals surface area contributed by atoms with Gasteiger partial charge in [0.25, 0.3) is 0 Å². The number of primary amides is 1. The molecule has 0 spiro atoms. The molecule has 2 aliphatic rings. The van der Waals surface area contributed by atoms with Crippen molar-refractivity contribution < 1.29 is 13.9 Å². The van der Waals surface area contributed by atoms with Gasteiger partial charge in [0, 0.05) is 23.2 Å². The first-order valence-corrected chi connectivity index (χ1v) is 8.61. The van der Waals surface area contributed by atoms with Crippen molar-refractivity contribution in [3.63, 3.8) is 0 Å². The Morgan fingerprint density at radius 3 is 2.67 bits per heavy atom. The number of nitrogens with zero attached hydrogens (tertiary/aromatic N) is 1. The van der Waals surface area contributed by atoms with Gasteiger partial charge in [-0.2, -0.15) is 0 Å². The van der Waals surface area contributed by atoms with E-state index in [4.69, 9.17) is 10.5 Å². The van der Waals surface area contributed by atoms with E-state index in [0.717, 1.165) is 13.0 Å². The number of nitrogens with two attached hydrogens (primary N) is 1. The molecule has 24 heavy (non-hydrogen) atoms. The molecular weight excluding hydrogens is 331 g/mol. The minimum Gasteiger partial charge on any atom is -0.489 e. The molecule has 1 heterocycles. The number of rotatable bonds is 5.